The molecule has 0 amide bonds. The van der Waals surface area contributed by atoms with Crippen LogP contribution in [0.5, 0.6) is 0 Å². The Morgan fingerprint density at radius 1 is 1.40 bits per heavy atom. The van der Waals surface area contributed by atoms with Crippen LogP contribution in [0.15, 0.2) is 17.5 Å². The fourth-order valence-electron chi connectivity index (χ4n) is 2.15. The molecule has 3 nitrogen and oxygen atoms in total. The van der Waals surface area contributed by atoms with Gasteiger partial charge in [0.2, 0.25) is 0 Å². The maximum Gasteiger partial charge on any atom is 0.143 e. The normalized spacial score (nSPS) is 14.5. The molecule has 2 aromatic heterocycles. The second-order valence-corrected chi connectivity index (χ2v) is 7.26. The molecule has 0 bridgehead atoms. The van der Waals surface area contributed by atoms with E-state index in [1.807, 2.05) is 0 Å². The summed E-state index contributed by atoms with van der Waals surface area (Å²) in [4.78, 5) is 10.9. The molecule has 2 aromatic rings. The highest BCUT2D eigenvalue weighted by molar-refractivity contribution is 14.1. The Hall–Kier alpha value is -0.690. The maximum atomic E-state index is 4.83. The molecule has 0 aromatic carbocycles. The van der Waals surface area contributed by atoms with Gasteiger partial charge in [-0.15, -0.1) is 11.3 Å². The topological polar surface area (TPSA) is 37.8 Å². The third kappa shape index (κ3) is 3.31. The number of hydrogen-bond donors (Lipinski definition) is 1. The Labute approximate surface area is 137 Å². The summed E-state index contributed by atoms with van der Waals surface area (Å²) in [5.41, 5.74) is 1.26. The van der Waals surface area contributed by atoms with Crippen LogP contribution >= 0.6 is 33.9 Å². The van der Waals surface area contributed by atoms with Crippen LogP contribution in [-0.2, 0) is 6.42 Å². The predicted octanol–water partition coefficient (Wildman–Crippen LogP) is 4.43. The van der Waals surface area contributed by atoms with Gasteiger partial charge in [0.05, 0.1) is 9.26 Å². The van der Waals surface area contributed by atoms with Gasteiger partial charge in [-0.2, -0.15) is 0 Å². The summed E-state index contributed by atoms with van der Waals surface area (Å²) in [6.45, 7) is 3.14. The lowest BCUT2D eigenvalue weighted by Gasteiger charge is -2.12. The monoisotopic (exact) mass is 399 g/mol. The standard InChI is InChI=1S/C15H18IN3S/c1-2-7-17-15-13(16)14(10-5-6-10)18-12(19-15)9-11-4-3-8-20-11/h3-4,8,10H,2,5-7,9H2,1H3,(H,17,18,19). The fraction of sp³-hybridized carbons (Fsp3) is 0.467. The van der Waals surface area contributed by atoms with Gasteiger partial charge in [-0.3, -0.25) is 0 Å². The SMILES string of the molecule is CCCNc1nc(Cc2cccs2)nc(C2CC2)c1I. The molecule has 0 atom stereocenters. The van der Waals surface area contributed by atoms with Crippen molar-refractivity contribution in [3.05, 3.63) is 37.5 Å². The van der Waals surface area contributed by atoms with Gasteiger partial charge >= 0.3 is 0 Å². The Kier molecular flexibility index (Phi) is 4.55. The molecule has 1 fully saturated rings. The average molecular weight is 399 g/mol. The van der Waals surface area contributed by atoms with Crippen molar-refractivity contribution in [2.45, 2.75) is 38.5 Å². The van der Waals surface area contributed by atoms with Crippen LogP contribution in [0.2, 0.25) is 0 Å². The minimum atomic E-state index is 0.661. The molecule has 1 saturated carbocycles. The maximum absolute atomic E-state index is 4.83. The van der Waals surface area contributed by atoms with E-state index in [9.17, 15) is 0 Å². The molecule has 0 saturated heterocycles. The van der Waals surface area contributed by atoms with Gasteiger partial charge in [0.15, 0.2) is 0 Å². The summed E-state index contributed by atoms with van der Waals surface area (Å²) < 4.78 is 1.22. The number of nitrogens with zero attached hydrogens (tertiary/aromatic N) is 2. The molecule has 20 heavy (non-hydrogen) atoms. The highest BCUT2D eigenvalue weighted by Gasteiger charge is 2.29. The van der Waals surface area contributed by atoms with Crippen LogP contribution in [0.1, 0.15) is 48.5 Å². The molecular formula is C15H18IN3S. The lowest BCUT2D eigenvalue weighted by molar-refractivity contribution is 0.882. The first-order valence-corrected chi connectivity index (χ1v) is 9.06. The number of halogens is 1. The highest BCUT2D eigenvalue weighted by Crippen LogP contribution is 2.42. The molecule has 1 aliphatic rings. The van der Waals surface area contributed by atoms with Crippen molar-refractivity contribution < 1.29 is 0 Å². The Balaban J connectivity index is 1.90. The van der Waals surface area contributed by atoms with Gasteiger partial charge in [0, 0.05) is 23.8 Å². The van der Waals surface area contributed by atoms with Gasteiger partial charge in [0.25, 0.3) is 0 Å². The van der Waals surface area contributed by atoms with Crippen LogP contribution in [0.25, 0.3) is 0 Å². The molecule has 0 aliphatic heterocycles. The van der Waals surface area contributed by atoms with Crippen molar-refractivity contribution in [1.82, 2.24) is 9.97 Å². The zero-order chi connectivity index (χ0) is 13.9. The fourth-order valence-corrected chi connectivity index (χ4v) is 3.72. The van der Waals surface area contributed by atoms with E-state index in [2.05, 4.69) is 52.3 Å². The molecule has 106 valence electrons. The van der Waals surface area contributed by atoms with E-state index in [4.69, 9.17) is 9.97 Å². The van der Waals surface area contributed by atoms with Crippen LogP contribution in [-0.4, -0.2) is 16.5 Å². The van der Waals surface area contributed by atoms with Crippen LogP contribution in [0.4, 0.5) is 5.82 Å². The van der Waals surface area contributed by atoms with E-state index in [0.29, 0.717) is 5.92 Å². The molecule has 0 radical (unpaired) electrons. The Morgan fingerprint density at radius 3 is 2.90 bits per heavy atom. The van der Waals surface area contributed by atoms with Crippen molar-refractivity contribution in [3.63, 3.8) is 0 Å². The van der Waals surface area contributed by atoms with E-state index in [1.165, 1.54) is 27.0 Å². The number of rotatable bonds is 6. The van der Waals surface area contributed by atoms with Crippen molar-refractivity contribution in [3.8, 4) is 0 Å². The average Bonchev–Trinajstić information content (AvgIpc) is 3.17. The summed E-state index contributed by atoms with van der Waals surface area (Å²) in [6.07, 6.45) is 4.51. The Bertz CT molecular complexity index is 579. The van der Waals surface area contributed by atoms with Gasteiger partial charge in [0.1, 0.15) is 11.6 Å². The molecule has 1 N–H and O–H groups in total. The summed E-state index contributed by atoms with van der Waals surface area (Å²) >= 11 is 4.17. The minimum absolute atomic E-state index is 0.661. The first-order chi connectivity index (χ1) is 9.78. The van der Waals surface area contributed by atoms with E-state index in [0.717, 1.165) is 31.0 Å². The second-order valence-electron chi connectivity index (χ2n) is 5.14. The van der Waals surface area contributed by atoms with Crippen molar-refractivity contribution >= 4 is 39.7 Å². The zero-order valence-corrected chi connectivity index (χ0v) is 14.5. The van der Waals surface area contributed by atoms with Crippen LogP contribution < -0.4 is 5.32 Å². The quantitative estimate of drug-likeness (QED) is 0.731. The van der Waals surface area contributed by atoms with Crippen molar-refractivity contribution in [1.29, 1.82) is 0 Å². The second kappa shape index (κ2) is 6.39. The van der Waals surface area contributed by atoms with E-state index < -0.39 is 0 Å². The minimum Gasteiger partial charge on any atom is -0.369 e. The van der Waals surface area contributed by atoms with Gasteiger partial charge in [-0.05, 0) is 53.3 Å². The lowest BCUT2D eigenvalue weighted by atomic mass is 10.2. The number of anilines is 1. The number of hydrogen-bond acceptors (Lipinski definition) is 4. The molecule has 2 heterocycles. The first kappa shape index (κ1) is 14.3. The van der Waals surface area contributed by atoms with Gasteiger partial charge < -0.3 is 5.32 Å². The zero-order valence-electron chi connectivity index (χ0n) is 11.5. The largest absolute Gasteiger partial charge is 0.369 e. The van der Waals surface area contributed by atoms with Crippen molar-refractivity contribution in [2.24, 2.45) is 0 Å². The molecule has 3 rings (SSSR count). The molecular weight excluding hydrogens is 381 g/mol. The molecule has 0 unspecified atom stereocenters. The first-order valence-electron chi connectivity index (χ1n) is 7.10. The summed E-state index contributed by atoms with van der Waals surface area (Å²) in [5, 5.41) is 5.56. The third-order valence-electron chi connectivity index (χ3n) is 3.34. The van der Waals surface area contributed by atoms with E-state index in [-0.39, 0.29) is 0 Å². The summed E-state index contributed by atoms with van der Waals surface area (Å²) in [7, 11) is 0. The highest BCUT2D eigenvalue weighted by atomic mass is 127. The van der Waals surface area contributed by atoms with Crippen LogP contribution in [0.3, 0.4) is 0 Å². The van der Waals surface area contributed by atoms with Gasteiger partial charge in [-0.25, -0.2) is 9.97 Å². The number of aromatic nitrogens is 2. The molecule has 5 heteroatoms. The Morgan fingerprint density at radius 2 is 2.25 bits per heavy atom. The van der Waals surface area contributed by atoms with Crippen LogP contribution in [0, 0.1) is 3.57 Å². The summed E-state index contributed by atoms with van der Waals surface area (Å²) in [5.74, 6) is 2.64. The number of thiophene rings is 1. The molecule has 1 aliphatic carbocycles. The smallest absolute Gasteiger partial charge is 0.143 e. The van der Waals surface area contributed by atoms with Gasteiger partial charge in [-0.1, -0.05) is 13.0 Å². The third-order valence-corrected chi connectivity index (χ3v) is 5.28. The van der Waals surface area contributed by atoms with Crippen molar-refractivity contribution in [2.75, 3.05) is 11.9 Å². The number of nitrogens with one attached hydrogen (secondary N) is 1. The molecule has 0 spiro atoms. The van der Waals surface area contributed by atoms with E-state index >= 15 is 0 Å². The predicted molar refractivity (Wildman–Crippen MR) is 92.6 cm³/mol. The lowest BCUT2D eigenvalue weighted by Crippen LogP contribution is -2.10. The van der Waals surface area contributed by atoms with E-state index in [1.54, 1.807) is 11.3 Å². The summed E-state index contributed by atoms with van der Waals surface area (Å²) in [6, 6.07) is 4.24.